The van der Waals surface area contributed by atoms with Crippen molar-refractivity contribution >= 4 is 13.8 Å². The third-order valence-corrected chi connectivity index (χ3v) is 10.5. The third kappa shape index (κ3) is 31.4. The van der Waals surface area contributed by atoms with Crippen molar-refractivity contribution in [2.24, 2.45) is 0 Å². The number of hydrogen-bond donors (Lipinski definition) is 6. The van der Waals surface area contributed by atoms with E-state index in [4.69, 9.17) is 18.5 Å². The highest BCUT2D eigenvalue weighted by Crippen LogP contribution is 2.47. The lowest BCUT2D eigenvalue weighted by atomic mass is 9.85. The monoisotopic (exact) mass is 915 g/mol. The Morgan fingerprint density at radius 2 is 0.859 bits per heavy atom. The Bertz CT molecular complexity index is 1560. The van der Waals surface area contributed by atoms with E-state index >= 15 is 0 Å². The zero-order valence-electron chi connectivity index (χ0n) is 38.3. The van der Waals surface area contributed by atoms with Gasteiger partial charge in [-0.05, 0) is 96.3 Å². The lowest BCUT2D eigenvalue weighted by Gasteiger charge is -2.41. The first-order chi connectivity index (χ1) is 31.0. The fourth-order valence-corrected chi connectivity index (χ4v) is 6.91. The minimum absolute atomic E-state index is 0.0394. The van der Waals surface area contributed by atoms with Gasteiger partial charge in [0.2, 0.25) is 0 Å². The summed E-state index contributed by atoms with van der Waals surface area (Å²) in [5.74, 6) is -0.581. The Morgan fingerprint density at radius 3 is 1.27 bits per heavy atom. The number of aliphatic hydroxyl groups is 5. The van der Waals surface area contributed by atoms with Crippen LogP contribution in [0.1, 0.15) is 117 Å². The SMILES string of the molecule is CC/C=C\C/C=C\C/C=C\C/C=C\C/C=C\C/C=C\CCC(=O)OC(COCCCC/C=C\C/C=C\C/C=C\C/C=C\C/C=C\CC)COP(=O)(O)OC1C(O)C(O)C(O)C(O)C1O. The van der Waals surface area contributed by atoms with Crippen LogP contribution in [-0.2, 0) is 27.9 Å². The van der Waals surface area contributed by atoms with Gasteiger partial charge in [-0.15, -0.1) is 0 Å². The number of rotatable bonds is 36. The maximum absolute atomic E-state index is 12.8. The normalized spacial score (nSPS) is 22.9. The van der Waals surface area contributed by atoms with Gasteiger partial charge in [-0.2, -0.15) is 0 Å². The van der Waals surface area contributed by atoms with Crippen molar-refractivity contribution in [1.29, 1.82) is 0 Å². The molecule has 13 heteroatoms. The molecule has 1 rings (SSSR count). The summed E-state index contributed by atoms with van der Waals surface area (Å²) in [5, 5.41) is 50.2. The van der Waals surface area contributed by atoms with Gasteiger partial charge in [0.05, 0.1) is 13.2 Å². The van der Waals surface area contributed by atoms with E-state index < -0.39 is 63.1 Å². The number of unbranched alkanes of at least 4 members (excludes halogenated alkanes) is 2. The van der Waals surface area contributed by atoms with Crippen molar-refractivity contribution in [3.63, 3.8) is 0 Å². The molecule has 6 unspecified atom stereocenters. The predicted octanol–water partition coefficient (Wildman–Crippen LogP) is 9.63. The van der Waals surface area contributed by atoms with E-state index in [1.807, 2.05) is 18.2 Å². The lowest BCUT2D eigenvalue weighted by molar-refractivity contribution is -0.220. The van der Waals surface area contributed by atoms with E-state index in [-0.39, 0.29) is 13.0 Å². The van der Waals surface area contributed by atoms with Gasteiger partial charge in [-0.25, -0.2) is 4.57 Å². The Hall–Kier alpha value is -3.52. The summed E-state index contributed by atoms with van der Waals surface area (Å²) in [6, 6.07) is 0. The number of carbonyl (C=O) groups excluding carboxylic acids is 1. The first kappa shape index (κ1) is 58.5. The minimum Gasteiger partial charge on any atom is -0.457 e. The van der Waals surface area contributed by atoms with Gasteiger partial charge in [-0.1, -0.05) is 148 Å². The molecule has 1 aliphatic rings. The molecule has 1 aliphatic carbocycles. The van der Waals surface area contributed by atoms with E-state index in [0.717, 1.165) is 77.0 Å². The molecule has 0 spiro atoms. The van der Waals surface area contributed by atoms with Gasteiger partial charge in [0.1, 0.15) is 42.7 Å². The smallest absolute Gasteiger partial charge is 0.457 e. The number of carbonyl (C=O) groups is 1. The highest BCUT2D eigenvalue weighted by Gasteiger charge is 2.51. The Labute approximate surface area is 383 Å². The van der Waals surface area contributed by atoms with Crippen LogP contribution in [0.4, 0.5) is 0 Å². The molecule has 0 bridgehead atoms. The average molecular weight is 915 g/mol. The van der Waals surface area contributed by atoms with E-state index in [9.17, 15) is 39.8 Å². The molecule has 0 amide bonds. The molecule has 0 aromatic carbocycles. The molecule has 0 saturated heterocycles. The second-order valence-electron chi connectivity index (χ2n) is 15.1. The Kier molecular flexibility index (Phi) is 36.4. The summed E-state index contributed by atoms with van der Waals surface area (Å²) < 4.78 is 34.0. The maximum Gasteiger partial charge on any atom is 0.472 e. The number of phosphoric acid groups is 1. The zero-order chi connectivity index (χ0) is 46.9. The van der Waals surface area contributed by atoms with E-state index in [0.29, 0.717) is 25.9 Å². The van der Waals surface area contributed by atoms with Crippen molar-refractivity contribution < 1.29 is 58.3 Å². The van der Waals surface area contributed by atoms with Crippen LogP contribution in [0.3, 0.4) is 0 Å². The van der Waals surface area contributed by atoms with E-state index in [1.54, 1.807) is 0 Å². The van der Waals surface area contributed by atoms with Crippen molar-refractivity contribution in [2.45, 2.75) is 159 Å². The van der Waals surface area contributed by atoms with Crippen molar-refractivity contribution in [3.05, 3.63) is 134 Å². The summed E-state index contributed by atoms with van der Waals surface area (Å²) in [4.78, 5) is 23.1. The van der Waals surface area contributed by atoms with Crippen LogP contribution < -0.4 is 0 Å². The topological polar surface area (TPSA) is 192 Å². The highest BCUT2D eigenvalue weighted by atomic mass is 31.2. The molecule has 6 atom stereocenters. The van der Waals surface area contributed by atoms with E-state index in [2.05, 4.69) is 129 Å². The molecule has 64 heavy (non-hydrogen) atoms. The van der Waals surface area contributed by atoms with Crippen molar-refractivity contribution in [1.82, 2.24) is 0 Å². The Morgan fingerprint density at radius 1 is 0.500 bits per heavy atom. The first-order valence-corrected chi connectivity index (χ1v) is 24.5. The quantitative estimate of drug-likeness (QED) is 0.0151. The van der Waals surface area contributed by atoms with Gasteiger partial charge in [-0.3, -0.25) is 13.8 Å². The largest absolute Gasteiger partial charge is 0.472 e. The van der Waals surface area contributed by atoms with Crippen LogP contribution in [0.25, 0.3) is 0 Å². The van der Waals surface area contributed by atoms with E-state index in [1.165, 1.54) is 0 Å². The van der Waals surface area contributed by atoms with Crippen LogP contribution in [-0.4, -0.2) is 98.9 Å². The van der Waals surface area contributed by atoms with Crippen molar-refractivity contribution in [3.8, 4) is 0 Å². The van der Waals surface area contributed by atoms with Gasteiger partial charge in [0, 0.05) is 13.0 Å². The second-order valence-corrected chi connectivity index (χ2v) is 16.5. The number of hydrogen-bond acceptors (Lipinski definition) is 11. The average Bonchev–Trinajstić information content (AvgIpc) is 3.28. The molecule has 0 heterocycles. The zero-order valence-corrected chi connectivity index (χ0v) is 39.2. The molecule has 0 aromatic rings. The van der Waals surface area contributed by atoms with Gasteiger partial charge < -0.3 is 39.9 Å². The molecule has 1 saturated carbocycles. The number of aliphatic hydroxyl groups excluding tert-OH is 5. The van der Waals surface area contributed by atoms with Crippen LogP contribution in [0.5, 0.6) is 0 Å². The van der Waals surface area contributed by atoms with Gasteiger partial charge in [0.25, 0.3) is 0 Å². The number of esters is 1. The number of ether oxygens (including phenoxy) is 2. The Balaban J connectivity index is 2.51. The number of allylic oxidation sites excluding steroid dienone is 22. The molecular formula is C51H79O12P. The lowest BCUT2D eigenvalue weighted by Crippen LogP contribution is -2.64. The standard InChI is InChI=1S/C51H79O12P/c1-3-5-7-9-11-13-15-17-19-21-23-24-26-28-30-32-34-36-38-40-45(52)62-44(43-61-64(58,59)63-51-49(56)47(54)46(53)48(55)50(51)57)42-60-41-39-37-35-33-31-29-27-25-22-20-18-16-14-12-10-8-6-4-2/h5-8,11-14,17-20,23-25,27-28,30-31,33-34,36,44,46-51,53-57H,3-4,9-10,15-16,21-22,26,29,32,35,37-43H2,1-2H3,(H,58,59)/b7-5-,8-6-,13-11-,14-12-,19-17-,20-18-,24-23-,27-25-,30-28-,33-31-,36-34-. The molecule has 1 fully saturated rings. The van der Waals surface area contributed by atoms with Crippen LogP contribution in [0.15, 0.2) is 134 Å². The van der Waals surface area contributed by atoms with Gasteiger partial charge in [0.15, 0.2) is 0 Å². The molecule has 0 radical (unpaired) electrons. The van der Waals surface area contributed by atoms with Crippen LogP contribution in [0, 0.1) is 0 Å². The molecule has 0 aliphatic heterocycles. The molecule has 12 nitrogen and oxygen atoms in total. The van der Waals surface area contributed by atoms with Gasteiger partial charge >= 0.3 is 13.8 Å². The highest BCUT2D eigenvalue weighted by molar-refractivity contribution is 7.47. The van der Waals surface area contributed by atoms with Crippen LogP contribution >= 0.6 is 7.82 Å². The molecular weight excluding hydrogens is 836 g/mol. The second kappa shape index (κ2) is 39.8. The number of phosphoric ester groups is 1. The third-order valence-electron chi connectivity index (χ3n) is 9.53. The summed E-state index contributed by atoms with van der Waals surface area (Å²) >= 11 is 0. The molecule has 360 valence electrons. The predicted molar refractivity (Wildman–Crippen MR) is 257 cm³/mol. The first-order valence-electron chi connectivity index (χ1n) is 23.0. The molecule has 6 N–H and O–H groups in total. The van der Waals surface area contributed by atoms with Crippen LogP contribution in [0.2, 0.25) is 0 Å². The summed E-state index contributed by atoms with van der Waals surface area (Å²) in [7, 11) is -5.06. The molecule has 0 aromatic heterocycles. The maximum atomic E-state index is 12.8. The fraction of sp³-hybridized carbons (Fsp3) is 0.549. The summed E-state index contributed by atoms with van der Waals surface area (Å²) in [6.45, 7) is 3.81. The minimum atomic E-state index is -5.06. The van der Waals surface area contributed by atoms with Crippen molar-refractivity contribution in [2.75, 3.05) is 19.8 Å². The summed E-state index contributed by atoms with van der Waals surface area (Å²) in [6.07, 6.45) is 46.8. The fourth-order valence-electron chi connectivity index (χ4n) is 5.93. The summed E-state index contributed by atoms with van der Waals surface area (Å²) in [5.41, 5.74) is 0.